The van der Waals surface area contributed by atoms with Gasteiger partial charge in [0.05, 0.1) is 24.4 Å². The molecule has 2 spiro atoms. The normalized spacial score (nSPS) is 51.5. The molecule has 5 fully saturated rings. The number of ketones is 1. The van der Waals surface area contributed by atoms with Gasteiger partial charge in [0.2, 0.25) is 0 Å². The zero-order chi connectivity index (χ0) is 33.1. The summed E-state index contributed by atoms with van der Waals surface area (Å²) in [5.41, 5.74) is -1.72. The van der Waals surface area contributed by atoms with Crippen molar-refractivity contribution in [2.24, 2.45) is 50.7 Å². The number of carbonyl (C=O) groups is 1. The topological polar surface area (TPSA) is 157 Å². The number of rotatable bonds is 8. The van der Waals surface area contributed by atoms with Crippen molar-refractivity contribution < 1.29 is 44.9 Å². The molecule has 4 saturated carbocycles. The van der Waals surface area contributed by atoms with Crippen molar-refractivity contribution in [1.82, 2.24) is 0 Å². The SMILES string of the molecule is C[C@H](CC[C@H](O)C(C)(C)O[C@@H]1O[C@H](CO)[C@@H](O)[C@H](O)[C@H]1O)[C@@H]1CCC2(C)[C@@H]3[C@@H](O)C[C@@H]4C(C)(C)C=CC(=O)C45CC35CCC12C. The average Bonchev–Trinajstić information content (AvgIpc) is 3.57. The van der Waals surface area contributed by atoms with E-state index in [1.165, 1.54) is 0 Å². The minimum atomic E-state index is -1.54. The van der Waals surface area contributed by atoms with Crippen LogP contribution in [-0.4, -0.2) is 91.5 Å². The Hall–Kier alpha value is -0.910. The standard InChI is InChI=1S/C36H58O9/c1-19(8-9-24(39)32(4,5)45-30-28(43)27(42)26(41)22(17-37)44-30)20-10-13-34(7)29-21(38)16-23-31(2,3)12-11-25(40)36(23)18-35(29,36)15-14-33(20,34)6/h11-12,19-24,26-30,37-39,41-43H,8-10,13-18H2,1-7H3/t19-,20+,21+,22-,23-,24+,26-,27+,28-,29+,30+,33?,34?,35?,36?/m1/s1. The van der Waals surface area contributed by atoms with Crippen LogP contribution in [0.4, 0.5) is 0 Å². The number of carbonyl (C=O) groups excluding carboxylic acids is 1. The molecule has 0 aromatic rings. The molecule has 5 aliphatic carbocycles. The van der Waals surface area contributed by atoms with Gasteiger partial charge in [-0.1, -0.05) is 40.7 Å². The Morgan fingerprint density at radius 2 is 1.69 bits per heavy atom. The maximum absolute atomic E-state index is 13.7. The lowest BCUT2D eigenvalue weighted by Gasteiger charge is -2.63. The van der Waals surface area contributed by atoms with Gasteiger partial charge in [0.25, 0.3) is 0 Å². The first kappa shape index (κ1) is 34.0. The summed E-state index contributed by atoms with van der Waals surface area (Å²) >= 11 is 0. The van der Waals surface area contributed by atoms with E-state index in [1.807, 2.05) is 6.08 Å². The molecule has 6 aliphatic rings. The van der Waals surface area contributed by atoms with E-state index >= 15 is 0 Å². The quantitative estimate of drug-likeness (QED) is 0.236. The molecule has 1 heterocycles. The van der Waals surface area contributed by atoms with E-state index in [4.69, 9.17) is 9.47 Å². The Balaban J connectivity index is 1.14. The van der Waals surface area contributed by atoms with E-state index in [1.54, 1.807) is 13.8 Å². The predicted octanol–water partition coefficient (Wildman–Crippen LogP) is 3.11. The maximum atomic E-state index is 13.7. The molecule has 6 rings (SSSR count). The first-order chi connectivity index (χ1) is 20.8. The average molecular weight is 635 g/mol. The Morgan fingerprint density at radius 3 is 2.36 bits per heavy atom. The summed E-state index contributed by atoms with van der Waals surface area (Å²) in [6, 6.07) is 0. The number of allylic oxidation sites excluding steroid dienone is 2. The van der Waals surface area contributed by atoms with Crippen LogP contribution in [0.25, 0.3) is 0 Å². The molecule has 1 aliphatic heterocycles. The number of aliphatic hydroxyl groups is 6. The number of hydrogen-bond acceptors (Lipinski definition) is 9. The lowest BCUT2D eigenvalue weighted by molar-refractivity contribution is -0.331. The number of hydrogen-bond donors (Lipinski definition) is 6. The van der Waals surface area contributed by atoms with Crippen molar-refractivity contribution in [3.63, 3.8) is 0 Å². The number of ether oxygens (including phenoxy) is 2. The summed E-state index contributed by atoms with van der Waals surface area (Å²) in [5.74, 6) is 1.32. The molecule has 6 N–H and O–H groups in total. The van der Waals surface area contributed by atoms with E-state index in [0.29, 0.717) is 30.5 Å². The van der Waals surface area contributed by atoms with Gasteiger partial charge in [-0.3, -0.25) is 4.79 Å². The Morgan fingerprint density at radius 1 is 1.00 bits per heavy atom. The lowest BCUT2D eigenvalue weighted by Crippen LogP contribution is -2.61. The molecule has 15 atom stereocenters. The number of fused-ring (bicyclic) bond motifs is 2. The summed E-state index contributed by atoms with van der Waals surface area (Å²) in [7, 11) is 0. The second-order valence-electron chi connectivity index (χ2n) is 17.6. The monoisotopic (exact) mass is 634 g/mol. The van der Waals surface area contributed by atoms with Crippen LogP contribution in [0.5, 0.6) is 0 Å². The number of aliphatic hydroxyl groups excluding tert-OH is 6. The first-order valence-corrected chi connectivity index (χ1v) is 17.4. The van der Waals surface area contributed by atoms with Gasteiger partial charge in [0.1, 0.15) is 24.4 Å². The minimum Gasteiger partial charge on any atom is -0.394 e. The summed E-state index contributed by atoms with van der Waals surface area (Å²) in [5, 5.41) is 63.5. The first-order valence-electron chi connectivity index (χ1n) is 17.4. The Labute approximate surface area is 268 Å². The molecule has 45 heavy (non-hydrogen) atoms. The summed E-state index contributed by atoms with van der Waals surface area (Å²) < 4.78 is 11.5. The second-order valence-corrected chi connectivity index (χ2v) is 17.6. The third-order valence-corrected chi connectivity index (χ3v) is 14.9. The van der Waals surface area contributed by atoms with Crippen LogP contribution < -0.4 is 0 Å². The van der Waals surface area contributed by atoms with Crippen molar-refractivity contribution >= 4 is 5.78 Å². The lowest BCUT2D eigenvalue weighted by atomic mass is 9.41. The molecular formula is C36H58O9. The van der Waals surface area contributed by atoms with Gasteiger partial charge in [-0.25, -0.2) is 0 Å². The van der Waals surface area contributed by atoms with Crippen molar-refractivity contribution in [1.29, 1.82) is 0 Å². The zero-order valence-electron chi connectivity index (χ0n) is 28.3. The van der Waals surface area contributed by atoms with Crippen LogP contribution in [0, 0.1) is 50.7 Å². The third-order valence-electron chi connectivity index (χ3n) is 14.9. The predicted molar refractivity (Wildman–Crippen MR) is 167 cm³/mol. The van der Waals surface area contributed by atoms with E-state index in [9.17, 15) is 35.4 Å². The van der Waals surface area contributed by atoms with Gasteiger partial charge in [-0.2, -0.15) is 0 Å². The molecule has 0 aromatic heterocycles. The summed E-state index contributed by atoms with van der Waals surface area (Å²) in [6.45, 7) is 14.4. The van der Waals surface area contributed by atoms with Gasteiger partial charge in [0.15, 0.2) is 12.1 Å². The van der Waals surface area contributed by atoms with E-state index < -0.39 is 55.1 Å². The van der Waals surface area contributed by atoms with Crippen molar-refractivity contribution in [3.05, 3.63) is 12.2 Å². The van der Waals surface area contributed by atoms with E-state index in [2.05, 4.69) is 40.7 Å². The van der Waals surface area contributed by atoms with Crippen LogP contribution in [0.2, 0.25) is 0 Å². The van der Waals surface area contributed by atoms with Gasteiger partial charge < -0.3 is 40.1 Å². The highest BCUT2D eigenvalue weighted by Crippen LogP contribution is 2.87. The molecular weight excluding hydrogens is 576 g/mol. The van der Waals surface area contributed by atoms with Gasteiger partial charge in [-0.05, 0) is 117 Å². The fourth-order valence-corrected chi connectivity index (χ4v) is 12.1. The van der Waals surface area contributed by atoms with E-state index in [0.717, 1.165) is 38.5 Å². The molecule has 0 aromatic carbocycles. The largest absolute Gasteiger partial charge is 0.394 e. The highest BCUT2D eigenvalue weighted by Gasteiger charge is 2.85. The second kappa shape index (κ2) is 10.8. The fraction of sp³-hybridized carbons (Fsp3) is 0.917. The van der Waals surface area contributed by atoms with Crippen molar-refractivity contribution in [2.45, 2.75) is 148 Å². The molecule has 9 nitrogen and oxygen atoms in total. The third kappa shape index (κ3) is 4.58. The molecule has 0 amide bonds. The van der Waals surface area contributed by atoms with Crippen LogP contribution in [0.1, 0.15) is 99.8 Å². The molecule has 0 bridgehead atoms. The highest BCUT2D eigenvalue weighted by molar-refractivity contribution is 6.00. The Kier molecular flexibility index (Phi) is 8.15. The smallest absolute Gasteiger partial charge is 0.187 e. The van der Waals surface area contributed by atoms with Gasteiger partial charge in [-0.15, -0.1) is 0 Å². The van der Waals surface area contributed by atoms with E-state index in [-0.39, 0.29) is 38.9 Å². The van der Waals surface area contributed by atoms with Crippen LogP contribution in [0.15, 0.2) is 12.2 Å². The Bertz CT molecular complexity index is 1200. The van der Waals surface area contributed by atoms with Crippen LogP contribution in [0.3, 0.4) is 0 Å². The van der Waals surface area contributed by atoms with Crippen LogP contribution in [-0.2, 0) is 14.3 Å². The fourth-order valence-electron chi connectivity index (χ4n) is 12.1. The zero-order valence-corrected chi connectivity index (χ0v) is 28.3. The van der Waals surface area contributed by atoms with Gasteiger partial charge >= 0.3 is 0 Å². The van der Waals surface area contributed by atoms with Crippen LogP contribution >= 0.6 is 0 Å². The maximum Gasteiger partial charge on any atom is 0.187 e. The van der Waals surface area contributed by atoms with Crippen molar-refractivity contribution in [3.8, 4) is 0 Å². The summed E-state index contributed by atoms with van der Waals surface area (Å²) in [6.07, 6.45) is 2.66. The molecule has 4 unspecified atom stereocenters. The minimum absolute atomic E-state index is 0.0102. The molecule has 256 valence electrons. The molecule has 0 radical (unpaired) electrons. The molecule has 9 heteroatoms. The van der Waals surface area contributed by atoms with Gasteiger partial charge in [0, 0.05) is 5.41 Å². The highest BCUT2D eigenvalue weighted by atomic mass is 16.7. The molecule has 1 saturated heterocycles. The van der Waals surface area contributed by atoms with Crippen molar-refractivity contribution in [2.75, 3.05) is 6.61 Å². The summed E-state index contributed by atoms with van der Waals surface area (Å²) in [4.78, 5) is 13.7.